The Morgan fingerprint density at radius 2 is 2.05 bits per heavy atom. The Morgan fingerprint density at radius 3 is 2.64 bits per heavy atom. The van der Waals surface area contributed by atoms with Crippen molar-refractivity contribution in [1.29, 1.82) is 5.26 Å². The summed E-state index contributed by atoms with van der Waals surface area (Å²) in [7, 11) is -2.09. The van der Waals surface area contributed by atoms with E-state index in [4.69, 9.17) is 0 Å². The van der Waals surface area contributed by atoms with E-state index in [1.807, 2.05) is 24.3 Å². The average Bonchev–Trinajstić information content (AvgIpc) is 3.06. The third-order valence-corrected chi connectivity index (χ3v) is 7.31. The summed E-state index contributed by atoms with van der Waals surface area (Å²) in [6, 6.07) is 12.3. The summed E-state index contributed by atoms with van der Waals surface area (Å²) >= 11 is 4.33. The van der Waals surface area contributed by atoms with E-state index in [1.54, 1.807) is 23.7 Å². The number of imidazole rings is 1. The van der Waals surface area contributed by atoms with Gasteiger partial charge in [-0.25, -0.2) is 13.4 Å². The lowest BCUT2D eigenvalue weighted by molar-refractivity contribution is 0.589. The van der Waals surface area contributed by atoms with Gasteiger partial charge in [-0.3, -0.25) is 0 Å². The van der Waals surface area contributed by atoms with Crippen molar-refractivity contribution in [3.05, 3.63) is 46.0 Å². The minimum atomic E-state index is -3.81. The molecule has 0 radical (unpaired) electrons. The third kappa shape index (κ3) is 2.35. The molecule has 0 aliphatic carbocycles. The van der Waals surface area contributed by atoms with Gasteiger partial charge in [-0.1, -0.05) is 12.1 Å². The number of nitriles is 1. The highest BCUT2D eigenvalue weighted by Gasteiger charge is 2.34. The highest BCUT2D eigenvalue weighted by molar-refractivity contribution is 9.11. The fourth-order valence-electron chi connectivity index (χ4n) is 2.23. The average molecular weight is 396 g/mol. The lowest BCUT2D eigenvalue weighted by atomic mass is 10.3. The molecule has 0 amide bonds. The number of rotatable bonds is 3. The van der Waals surface area contributed by atoms with Crippen LogP contribution in [0.25, 0.3) is 11.0 Å². The Bertz CT molecular complexity index is 999. The van der Waals surface area contributed by atoms with Crippen LogP contribution in [0.1, 0.15) is 11.1 Å². The number of thiophene rings is 1. The lowest BCUT2D eigenvalue weighted by Crippen LogP contribution is -2.15. The van der Waals surface area contributed by atoms with Gasteiger partial charge in [0.15, 0.2) is 0 Å². The van der Waals surface area contributed by atoms with Gasteiger partial charge in [0.05, 0.1) is 20.9 Å². The summed E-state index contributed by atoms with van der Waals surface area (Å²) in [5.41, 5.74) is 1.46. The summed E-state index contributed by atoms with van der Waals surface area (Å²) in [5.74, 6) is 0.230. The highest BCUT2D eigenvalue weighted by atomic mass is 79.9. The molecule has 112 valence electrons. The van der Waals surface area contributed by atoms with Gasteiger partial charge in [-0.05, 0) is 40.2 Å². The summed E-state index contributed by atoms with van der Waals surface area (Å²) in [6.07, 6.45) is 0. The van der Waals surface area contributed by atoms with Gasteiger partial charge in [0.1, 0.15) is 10.0 Å². The normalized spacial score (nSPS) is 13.1. The molecule has 0 aliphatic heterocycles. The molecule has 8 heteroatoms. The summed E-state index contributed by atoms with van der Waals surface area (Å²) < 4.78 is 27.9. The molecule has 0 saturated heterocycles. The molecule has 22 heavy (non-hydrogen) atoms. The number of halogens is 1. The number of aryl methyl sites for hydroxylation is 1. The lowest BCUT2D eigenvalue weighted by Gasteiger charge is -2.09. The Labute approximate surface area is 139 Å². The van der Waals surface area contributed by atoms with Crippen LogP contribution in [0, 0.1) is 11.3 Å². The molecule has 0 bridgehead atoms. The fourth-order valence-corrected chi connectivity index (χ4v) is 5.81. The predicted molar refractivity (Wildman–Crippen MR) is 88.3 cm³/mol. The number of sulfone groups is 1. The van der Waals surface area contributed by atoms with Crippen molar-refractivity contribution < 1.29 is 8.42 Å². The van der Waals surface area contributed by atoms with E-state index >= 15 is 0 Å². The van der Waals surface area contributed by atoms with E-state index < -0.39 is 15.1 Å². The number of para-hydroxylation sites is 2. The van der Waals surface area contributed by atoms with E-state index in [9.17, 15) is 13.7 Å². The third-order valence-electron chi connectivity index (χ3n) is 3.31. The number of fused-ring (bicyclic) bond motifs is 1. The number of aromatic nitrogens is 2. The molecule has 0 aliphatic rings. The van der Waals surface area contributed by atoms with E-state index in [-0.39, 0.29) is 10.0 Å². The number of nitrogens with zero attached hydrogens (tertiary/aromatic N) is 3. The van der Waals surface area contributed by atoms with Gasteiger partial charge in [0.25, 0.3) is 0 Å². The number of hydrogen-bond acceptors (Lipinski definition) is 5. The second kappa shape index (κ2) is 5.50. The molecule has 0 spiro atoms. The molecular formula is C14H10BrN3O2S2. The van der Waals surface area contributed by atoms with Crippen LogP contribution in [0.4, 0.5) is 0 Å². The zero-order valence-corrected chi connectivity index (χ0v) is 14.6. The molecule has 0 unspecified atom stereocenters. The zero-order valence-electron chi connectivity index (χ0n) is 11.4. The van der Waals surface area contributed by atoms with Crippen LogP contribution in [0.5, 0.6) is 0 Å². The Kier molecular flexibility index (Phi) is 3.80. The number of hydrogen-bond donors (Lipinski definition) is 0. The molecule has 3 rings (SSSR count). The van der Waals surface area contributed by atoms with E-state index in [0.29, 0.717) is 9.30 Å². The molecule has 0 saturated carbocycles. The summed E-state index contributed by atoms with van der Waals surface area (Å²) in [4.78, 5) is 4.34. The van der Waals surface area contributed by atoms with Crippen molar-refractivity contribution in [3.63, 3.8) is 0 Å². The monoisotopic (exact) mass is 395 g/mol. The molecule has 2 aromatic heterocycles. The van der Waals surface area contributed by atoms with Crippen molar-refractivity contribution in [2.24, 2.45) is 7.05 Å². The van der Waals surface area contributed by atoms with Crippen LogP contribution < -0.4 is 0 Å². The van der Waals surface area contributed by atoms with Crippen LogP contribution in [0.2, 0.25) is 0 Å². The standard InChI is InChI=1S/C14H10BrN3O2S2/c1-18-10-5-3-2-4-9(10)17-14(18)11(8-16)22(19,20)13-7-6-12(15)21-13/h2-7,11H,1H3/t11-/m0/s1. The van der Waals surface area contributed by atoms with Crippen LogP contribution in [-0.4, -0.2) is 18.0 Å². The van der Waals surface area contributed by atoms with Crippen molar-refractivity contribution in [1.82, 2.24) is 9.55 Å². The molecule has 2 heterocycles. The SMILES string of the molecule is Cn1c([C@H](C#N)S(=O)(=O)c2ccc(Br)s2)nc2ccccc21. The van der Waals surface area contributed by atoms with E-state index in [1.165, 1.54) is 6.07 Å². The van der Waals surface area contributed by atoms with Crippen molar-refractivity contribution in [3.8, 4) is 6.07 Å². The Morgan fingerprint density at radius 1 is 1.32 bits per heavy atom. The fraction of sp³-hybridized carbons (Fsp3) is 0.143. The first-order chi connectivity index (χ1) is 10.4. The molecular weight excluding hydrogens is 386 g/mol. The molecule has 1 atom stereocenters. The van der Waals surface area contributed by atoms with Crippen LogP contribution in [0.15, 0.2) is 44.4 Å². The first kappa shape index (κ1) is 15.2. The first-order valence-corrected chi connectivity index (χ1v) is 9.41. The van der Waals surface area contributed by atoms with Crippen LogP contribution >= 0.6 is 27.3 Å². The number of benzene rings is 1. The molecule has 3 aromatic rings. The second-order valence-electron chi connectivity index (χ2n) is 4.63. The Balaban J connectivity index is 2.19. The van der Waals surface area contributed by atoms with Gasteiger partial charge in [0, 0.05) is 7.05 Å². The van der Waals surface area contributed by atoms with Crippen molar-refractivity contribution in [2.45, 2.75) is 9.46 Å². The zero-order chi connectivity index (χ0) is 15.9. The minimum Gasteiger partial charge on any atom is -0.329 e. The minimum absolute atomic E-state index is 0.151. The first-order valence-electron chi connectivity index (χ1n) is 6.25. The van der Waals surface area contributed by atoms with Crippen LogP contribution in [0.3, 0.4) is 0 Å². The van der Waals surface area contributed by atoms with E-state index in [0.717, 1.165) is 16.9 Å². The quantitative estimate of drug-likeness (QED) is 0.680. The molecule has 0 N–H and O–H groups in total. The van der Waals surface area contributed by atoms with E-state index in [2.05, 4.69) is 20.9 Å². The van der Waals surface area contributed by atoms with Crippen LogP contribution in [-0.2, 0) is 16.9 Å². The maximum atomic E-state index is 12.7. The molecule has 1 aromatic carbocycles. The summed E-state index contributed by atoms with van der Waals surface area (Å²) in [5, 5.41) is 8.11. The Hall–Kier alpha value is -1.69. The largest absolute Gasteiger partial charge is 0.329 e. The predicted octanol–water partition coefficient (Wildman–Crippen LogP) is 3.44. The van der Waals surface area contributed by atoms with Gasteiger partial charge in [0.2, 0.25) is 15.1 Å². The summed E-state index contributed by atoms with van der Waals surface area (Å²) in [6.45, 7) is 0. The van der Waals surface area contributed by atoms with Crippen molar-refractivity contribution in [2.75, 3.05) is 0 Å². The topological polar surface area (TPSA) is 75.8 Å². The van der Waals surface area contributed by atoms with Gasteiger partial charge in [-0.2, -0.15) is 5.26 Å². The maximum Gasteiger partial charge on any atom is 0.211 e. The van der Waals surface area contributed by atoms with Gasteiger partial charge in [-0.15, -0.1) is 11.3 Å². The smallest absolute Gasteiger partial charge is 0.211 e. The maximum absolute atomic E-state index is 12.7. The second-order valence-corrected chi connectivity index (χ2v) is 9.35. The molecule has 0 fully saturated rings. The highest BCUT2D eigenvalue weighted by Crippen LogP contribution is 2.34. The van der Waals surface area contributed by atoms with Crippen molar-refractivity contribution >= 4 is 48.1 Å². The van der Waals surface area contributed by atoms with Gasteiger partial charge >= 0.3 is 0 Å². The van der Waals surface area contributed by atoms with Gasteiger partial charge < -0.3 is 4.57 Å². The molecule has 5 nitrogen and oxygen atoms in total.